The van der Waals surface area contributed by atoms with Crippen LogP contribution in [0.1, 0.15) is 55.5 Å². The Hall–Kier alpha value is -1.71. The van der Waals surface area contributed by atoms with Gasteiger partial charge in [-0.3, -0.25) is 0 Å². The van der Waals surface area contributed by atoms with E-state index >= 15 is 0 Å². The van der Waals surface area contributed by atoms with Crippen molar-refractivity contribution in [3.8, 4) is 0 Å². The average molecular weight is 276 g/mol. The molecule has 0 spiro atoms. The molecule has 1 fully saturated rings. The standard InChI is InChI=1S/C16H24N2O2/c1-10-7-12(8-13(14(10)17)15(19)20)18-11-5-4-6-16(2,3)9-11/h7-8,11,18H,4-6,9,17H2,1-3H3,(H,19,20). The largest absolute Gasteiger partial charge is 0.478 e. The van der Waals surface area contributed by atoms with Crippen LogP contribution in [0, 0.1) is 12.3 Å². The Morgan fingerprint density at radius 3 is 2.75 bits per heavy atom. The Bertz CT molecular complexity index is 523. The summed E-state index contributed by atoms with van der Waals surface area (Å²) in [5.41, 5.74) is 8.38. The molecule has 0 amide bonds. The van der Waals surface area contributed by atoms with Gasteiger partial charge in [0.15, 0.2) is 0 Å². The molecule has 1 unspecified atom stereocenters. The topological polar surface area (TPSA) is 75.3 Å². The molecule has 0 saturated heterocycles. The molecule has 1 aliphatic rings. The normalized spacial score (nSPS) is 21.4. The summed E-state index contributed by atoms with van der Waals surface area (Å²) >= 11 is 0. The number of anilines is 2. The smallest absolute Gasteiger partial charge is 0.337 e. The van der Waals surface area contributed by atoms with E-state index in [0.29, 0.717) is 17.1 Å². The quantitative estimate of drug-likeness (QED) is 0.736. The molecule has 0 aliphatic heterocycles. The van der Waals surface area contributed by atoms with Crippen molar-refractivity contribution in [1.82, 2.24) is 0 Å². The first-order valence-corrected chi connectivity index (χ1v) is 7.18. The molecule has 1 aromatic rings. The van der Waals surface area contributed by atoms with Crippen molar-refractivity contribution in [3.05, 3.63) is 23.3 Å². The van der Waals surface area contributed by atoms with Gasteiger partial charge in [-0.25, -0.2) is 4.79 Å². The number of aromatic carboxylic acids is 1. The second-order valence-corrected chi connectivity index (χ2v) is 6.66. The number of hydrogen-bond donors (Lipinski definition) is 3. The van der Waals surface area contributed by atoms with Gasteiger partial charge in [0.1, 0.15) is 0 Å². The zero-order valence-corrected chi connectivity index (χ0v) is 12.5. The summed E-state index contributed by atoms with van der Waals surface area (Å²) in [5, 5.41) is 12.7. The van der Waals surface area contributed by atoms with Crippen LogP contribution in [0.15, 0.2) is 12.1 Å². The Morgan fingerprint density at radius 2 is 2.15 bits per heavy atom. The molecule has 4 N–H and O–H groups in total. The van der Waals surface area contributed by atoms with E-state index in [9.17, 15) is 9.90 Å². The summed E-state index contributed by atoms with van der Waals surface area (Å²) in [7, 11) is 0. The summed E-state index contributed by atoms with van der Waals surface area (Å²) in [4.78, 5) is 11.2. The summed E-state index contributed by atoms with van der Waals surface area (Å²) in [5.74, 6) is -0.974. The maximum atomic E-state index is 11.2. The third-order valence-electron chi connectivity index (χ3n) is 4.19. The third-order valence-corrected chi connectivity index (χ3v) is 4.19. The fraction of sp³-hybridized carbons (Fsp3) is 0.562. The minimum absolute atomic E-state index is 0.183. The highest BCUT2D eigenvalue weighted by Crippen LogP contribution is 2.36. The van der Waals surface area contributed by atoms with E-state index in [1.807, 2.05) is 13.0 Å². The molecule has 2 rings (SSSR count). The van der Waals surface area contributed by atoms with Crippen molar-refractivity contribution >= 4 is 17.3 Å². The Morgan fingerprint density at radius 1 is 1.45 bits per heavy atom. The van der Waals surface area contributed by atoms with Gasteiger partial charge in [0.05, 0.1) is 5.56 Å². The molecule has 1 aliphatic carbocycles. The van der Waals surface area contributed by atoms with Crippen molar-refractivity contribution in [3.63, 3.8) is 0 Å². The lowest BCUT2D eigenvalue weighted by Crippen LogP contribution is -2.31. The van der Waals surface area contributed by atoms with E-state index in [0.717, 1.165) is 24.1 Å². The number of rotatable bonds is 3. The molecule has 0 aromatic heterocycles. The van der Waals surface area contributed by atoms with Crippen LogP contribution in [0.2, 0.25) is 0 Å². The van der Waals surface area contributed by atoms with Crippen LogP contribution in [0.5, 0.6) is 0 Å². The first-order chi connectivity index (χ1) is 9.28. The van der Waals surface area contributed by atoms with Crippen molar-refractivity contribution in [1.29, 1.82) is 0 Å². The Balaban J connectivity index is 2.19. The number of nitrogens with two attached hydrogens (primary N) is 1. The predicted octanol–water partition coefficient (Wildman–Crippen LogP) is 3.66. The van der Waals surface area contributed by atoms with Crippen LogP contribution in [-0.4, -0.2) is 17.1 Å². The number of nitrogen functional groups attached to an aromatic ring is 1. The number of nitrogens with one attached hydrogen (secondary N) is 1. The number of carboxylic acids is 1. The Kier molecular flexibility index (Phi) is 3.93. The van der Waals surface area contributed by atoms with E-state index < -0.39 is 5.97 Å². The van der Waals surface area contributed by atoms with Gasteiger partial charge in [-0.2, -0.15) is 0 Å². The Labute approximate surface area is 120 Å². The van der Waals surface area contributed by atoms with Crippen LogP contribution in [0.4, 0.5) is 11.4 Å². The summed E-state index contributed by atoms with van der Waals surface area (Å²) in [6.45, 7) is 6.42. The zero-order chi connectivity index (χ0) is 14.9. The van der Waals surface area contributed by atoms with Crippen molar-refractivity contribution in [2.24, 2.45) is 5.41 Å². The van der Waals surface area contributed by atoms with Gasteiger partial charge in [0.2, 0.25) is 0 Å². The molecule has 0 radical (unpaired) electrons. The van der Waals surface area contributed by atoms with E-state index in [1.165, 1.54) is 12.8 Å². The summed E-state index contributed by atoms with van der Waals surface area (Å²) < 4.78 is 0. The van der Waals surface area contributed by atoms with Gasteiger partial charge >= 0.3 is 5.97 Å². The number of carbonyl (C=O) groups is 1. The second-order valence-electron chi connectivity index (χ2n) is 6.66. The number of aryl methyl sites for hydroxylation is 1. The fourth-order valence-corrected chi connectivity index (χ4v) is 3.12. The highest BCUT2D eigenvalue weighted by Gasteiger charge is 2.28. The van der Waals surface area contributed by atoms with Crippen molar-refractivity contribution in [2.75, 3.05) is 11.1 Å². The molecule has 4 nitrogen and oxygen atoms in total. The average Bonchev–Trinajstić information content (AvgIpc) is 2.32. The maximum absolute atomic E-state index is 11.2. The number of hydrogen-bond acceptors (Lipinski definition) is 3. The molecule has 110 valence electrons. The highest BCUT2D eigenvalue weighted by molar-refractivity contribution is 5.95. The molecule has 1 aromatic carbocycles. The van der Waals surface area contributed by atoms with Gasteiger partial charge in [-0.1, -0.05) is 20.3 Å². The lowest BCUT2D eigenvalue weighted by atomic mass is 9.75. The maximum Gasteiger partial charge on any atom is 0.337 e. The first kappa shape index (κ1) is 14.7. The lowest BCUT2D eigenvalue weighted by Gasteiger charge is -2.36. The van der Waals surface area contributed by atoms with Crippen LogP contribution >= 0.6 is 0 Å². The zero-order valence-electron chi connectivity index (χ0n) is 12.5. The highest BCUT2D eigenvalue weighted by atomic mass is 16.4. The monoisotopic (exact) mass is 276 g/mol. The van der Waals surface area contributed by atoms with E-state index in [1.54, 1.807) is 6.07 Å². The minimum Gasteiger partial charge on any atom is -0.478 e. The first-order valence-electron chi connectivity index (χ1n) is 7.18. The summed E-state index contributed by atoms with van der Waals surface area (Å²) in [6, 6.07) is 3.98. The third kappa shape index (κ3) is 3.24. The second kappa shape index (κ2) is 5.35. The lowest BCUT2D eigenvalue weighted by molar-refractivity contribution is 0.0698. The van der Waals surface area contributed by atoms with E-state index in [4.69, 9.17) is 5.73 Å². The van der Waals surface area contributed by atoms with Gasteiger partial charge < -0.3 is 16.2 Å². The van der Waals surface area contributed by atoms with Gasteiger partial charge in [0.25, 0.3) is 0 Å². The molecule has 1 saturated carbocycles. The molecular weight excluding hydrogens is 252 g/mol. The van der Waals surface area contributed by atoms with E-state index in [2.05, 4.69) is 19.2 Å². The predicted molar refractivity (Wildman–Crippen MR) is 82.2 cm³/mol. The number of benzene rings is 1. The number of carboxylic acid groups (broad SMARTS) is 1. The molecule has 0 heterocycles. The van der Waals surface area contributed by atoms with Crippen LogP contribution in [0.3, 0.4) is 0 Å². The van der Waals surface area contributed by atoms with Crippen LogP contribution in [0.25, 0.3) is 0 Å². The minimum atomic E-state index is -0.974. The van der Waals surface area contributed by atoms with E-state index in [-0.39, 0.29) is 5.56 Å². The summed E-state index contributed by atoms with van der Waals surface area (Å²) in [6.07, 6.45) is 4.71. The molecule has 1 atom stereocenters. The van der Waals surface area contributed by atoms with Crippen molar-refractivity contribution < 1.29 is 9.90 Å². The van der Waals surface area contributed by atoms with Crippen molar-refractivity contribution in [2.45, 2.75) is 52.5 Å². The SMILES string of the molecule is Cc1cc(NC2CCCC(C)(C)C2)cc(C(=O)O)c1N. The van der Waals surface area contributed by atoms with Gasteiger partial charge in [-0.15, -0.1) is 0 Å². The van der Waals surface area contributed by atoms with Gasteiger partial charge in [-0.05, 0) is 49.3 Å². The molecule has 4 heteroatoms. The fourth-order valence-electron chi connectivity index (χ4n) is 3.12. The molecule has 20 heavy (non-hydrogen) atoms. The molecule has 0 bridgehead atoms. The molecular formula is C16H24N2O2. The van der Waals surface area contributed by atoms with Crippen LogP contribution in [-0.2, 0) is 0 Å². The van der Waals surface area contributed by atoms with Crippen LogP contribution < -0.4 is 11.1 Å². The van der Waals surface area contributed by atoms with Gasteiger partial charge in [0, 0.05) is 17.4 Å².